The molecule has 3 rings (SSSR count). The van der Waals surface area contributed by atoms with Gasteiger partial charge in [0.15, 0.2) is 6.61 Å². The first-order valence-electron chi connectivity index (χ1n) is 8.96. The van der Waals surface area contributed by atoms with Crippen molar-refractivity contribution in [2.24, 2.45) is 0 Å². The summed E-state index contributed by atoms with van der Waals surface area (Å²) in [6.07, 6.45) is -1.54. The fourth-order valence-corrected chi connectivity index (χ4v) is 3.08. The van der Waals surface area contributed by atoms with Crippen molar-refractivity contribution in [3.05, 3.63) is 47.9 Å². The third kappa shape index (κ3) is 5.34. The van der Waals surface area contributed by atoms with Crippen molar-refractivity contribution in [2.45, 2.75) is 32.0 Å². The number of alkyl halides is 3. The molecule has 2 aromatic heterocycles. The number of aryl methyl sites for hydroxylation is 1. The second kappa shape index (κ2) is 8.45. The second-order valence-corrected chi connectivity index (χ2v) is 6.62. The van der Waals surface area contributed by atoms with Crippen LogP contribution in [-0.4, -0.2) is 52.7 Å². The van der Waals surface area contributed by atoms with Crippen LogP contribution in [0.2, 0.25) is 0 Å². The Balaban J connectivity index is 1.59. The highest BCUT2D eigenvalue weighted by atomic mass is 19.4. The van der Waals surface area contributed by atoms with Crippen LogP contribution in [0.15, 0.2) is 36.5 Å². The zero-order valence-corrected chi connectivity index (χ0v) is 15.4. The Morgan fingerprint density at radius 2 is 2.14 bits per heavy atom. The molecular formula is C19H21F3N4O2. The molecule has 1 fully saturated rings. The molecule has 1 aliphatic rings. The predicted octanol–water partition coefficient (Wildman–Crippen LogP) is 3.44. The maximum Gasteiger partial charge on any atom is 0.422 e. The van der Waals surface area contributed by atoms with Gasteiger partial charge in [0.25, 0.3) is 5.91 Å². The molecule has 1 N–H and O–H groups in total. The van der Waals surface area contributed by atoms with Crippen LogP contribution in [0.1, 0.15) is 29.0 Å². The van der Waals surface area contributed by atoms with Gasteiger partial charge in [-0.3, -0.25) is 4.79 Å². The normalized spacial score (nSPS) is 16.9. The molecular weight excluding hydrogens is 373 g/mol. The van der Waals surface area contributed by atoms with Crippen LogP contribution >= 0.6 is 0 Å². The van der Waals surface area contributed by atoms with E-state index in [1.807, 2.05) is 25.1 Å². The molecule has 28 heavy (non-hydrogen) atoms. The predicted molar refractivity (Wildman–Crippen MR) is 97.3 cm³/mol. The number of pyridine rings is 2. The van der Waals surface area contributed by atoms with Gasteiger partial charge in [-0.1, -0.05) is 6.07 Å². The lowest BCUT2D eigenvalue weighted by atomic mass is 10.2. The summed E-state index contributed by atoms with van der Waals surface area (Å²) in [6, 6.07) is 8.40. The van der Waals surface area contributed by atoms with E-state index in [2.05, 4.69) is 20.0 Å². The highest BCUT2D eigenvalue weighted by Crippen LogP contribution is 2.22. The first-order valence-corrected chi connectivity index (χ1v) is 8.96. The molecule has 0 radical (unpaired) electrons. The number of carbonyl (C=O) groups is 1. The highest BCUT2D eigenvalue weighted by molar-refractivity contribution is 5.92. The number of aromatic nitrogens is 2. The van der Waals surface area contributed by atoms with E-state index in [9.17, 15) is 18.0 Å². The fourth-order valence-electron chi connectivity index (χ4n) is 3.08. The van der Waals surface area contributed by atoms with Crippen LogP contribution in [0, 0.1) is 6.92 Å². The Hall–Kier alpha value is -2.84. The molecule has 1 unspecified atom stereocenters. The summed E-state index contributed by atoms with van der Waals surface area (Å²) in [5.41, 5.74) is 1.08. The number of nitrogens with one attached hydrogen (secondary N) is 1. The van der Waals surface area contributed by atoms with Crippen molar-refractivity contribution in [1.29, 1.82) is 0 Å². The highest BCUT2D eigenvalue weighted by Gasteiger charge is 2.30. The SMILES string of the molecule is Cc1cccc(NCC2CCCN2C(=O)c2ccc(OCC(F)(F)F)cn2)n1. The van der Waals surface area contributed by atoms with Crippen molar-refractivity contribution in [1.82, 2.24) is 14.9 Å². The first kappa shape index (κ1) is 19.9. The molecule has 2 aromatic rings. The molecule has 1 amide bonds. The molecule has 0 aliphatic carbocycles. The third-order valence-corrected chi connectivity index (χ3v) is 4.40. The Kier molecular flexibility index (Phi) is 6.01. The number of ether oxygens (including phenoxy) is 1. The Morgan fingerprint density at radius 3 is 2.82 bits per heavy atom. The van der Waals surface area contributed by atoms with Gasteiger partial charge >= 0.3 is 6.18 Å². The Morgan fingerprint density at radius 1 is 1.32 bits per heavy atom. The Labute approximate surface area is 160 Å². The van der Waals surface area contributed by atoms with Crippen LogP contribution in [0.3, 0.4) is 0 Å². The van der Waals surface area contributed by atoms with Crippen LogP contribution < -0.4 is 10.1 Å². The lowest BCUT2D eigenvalue weighted by Crippen LogP contribution is -2.40. The average molecular weight is 394 g/mol. The minimum atomic E-state index is -4.42. The van der Waals surface area contributed by atoms with Crippen molar-refractivity contribution >= 4 is 11.7 Å². The lowest BCUT2D eigenvalue weighted by Gasteiger charge is -2.25. The van der Waals surface area contributed by atoms with Crippen molar-refractivity contribution in [3.8, 4) is 5.75 Å². The number of amides is 1. The molecule has 9 heteroatoms. The van der Waals surface area contributed by atoms with Crippen LogP contribution in [0.4, 0.5) is 19.0 Å². The molecule has 0 spiro atoms. The number of hydrogen-bond donors (Lipinski definition) is 1. The van der Waals surface area contributed by atoms with Gasteiger partial charge in [0, 0.05) is 24.8 Å². The van der Waals surface area contributed by atoms with Crippen molar-refractivity contribution in [3.63, 3.8) is 0 Å². The molecule has 0 aromatic carbocycles. The van der Waals surface area contributed by atoms with Crippen molar-refractivity contribution in [2.75, 3.05) is 25.0 Å². The van der Waals surface area contributed by atoms with Gasteiger partial charge in [0.1, 0.15) is 17.3 Å². The van der Waals surface area contributed by atoms with E-state index >= 15 is 0 Å². The minimum absolute atomic E-state index is 0.00207. The summed E-state index contributed by atoms with van der Waals surface area (Å²) in [5, 5.41) is 3.25. The average Bonchev–Trinajstić information content (AvgIpc) is 3.13. The molecule has 3 heterocycles. The molecule has 1 atom stereocenters. The summed E-state index contributed by atoms with van der Waals surface area (Å²) < 4.78 is 41.2. The van der Waals surface area contributed by atoms with E-state index in [0.717, 1.165) is 30.6 Å². The first-order chi connectivity index (χ1) is 13.3. The van der Waals surface area contributed by atoms with E-state index in [4.69, 9.17) is 0 Å². The summed E-state index contributed by atoms with van der Waals surface area (Å²) in [5.74, 6) is 0.478. The topological polar surface area (TPSA) is 67.4 Å². The monoisotopic (exact) mass is 394 g/mol. The lowest BCUT2D eigenvalue weighted by molar-refractivity contribution is -0.153. The van der Waals surface area contributed by atoms with Crippen LogP contribution in [0.5, 0.6) is 5.75 Å². The number of carbonyl (C=O) groups excluding carboxylic acids is 1. The second-order valence-electron chi connectivity index (χ2n) is 6.62. The number of anilines is 1. The molecule has 6 nitrogen and oxygen atoms in total. The van der Waals surface area contributed by atoms with Gasteiger partial charge in [-0.15, -0.1) is 0 Å². The summed E-state index contributed by atoms with van der Waals surface area (Å²) in [4.78, 5) is 22.8. The minimum Gasteiger partial charge on any atom is -0.483 e. The number of likely N-dealkylation sites (tertiary alicyclic amines) is 1. The zero-order chi connectivity index (χ0) is 20.1. The van der Waals surface area contributed by atoms with Gasteiger partial charge < -0.3 is 15.0 Å². The summed E-state index contributed by atoms with van der Waals surface area (Å²) in [6.45, 7) is 1.69. The number of nitrogens with zero attached hydrogens (tertiary/aromatic N) is 3. The standard InChI is InChI=1S/C19H21F3N4O2/c1-13-4-2-6-17(25-13)24-10-14-5-3-9-26(14)18(27)16-8-7-15(11-23-16)28-12-19(20,21)22/h2,4,6-8,11,14H,3,5,9-10,12H2,1H3,(H,24,25). The van der Waals surface area contributed by atoms with Gasteiger partial charge in [-0.2, -0.15) is 13.2 Å². The van der Waals surface area contributed by atoms with E-state index < -0.39 is 12.8 Å². The van der Waals surface area contributed by atoms with Gasteiger partial charge in [0.2, 0.25) is 0 Å². The van der Waals surface area contributed by atoms with E-state index in [0.29, 0.717) is 13.1 Å². The zero-order valence-electron chi connectivity index (χ0n) is 15.4. The van der Waals surface area contributed by atoms with Gasteiger partial charge in [-0.05, 0) is 44.0 Å². The maximum absolute atomic E-state index is 12.8. The quantitative estimate of drug-likeness (QED) is 0.813. The summed E-state index contributed by atoms with van der Waals surface area (Å²) in [7, 11) is 0. The fraction of sp³-hybridized carbons (Fsp3) is 0.421. The molecule has 0 bridgehead atoms. The largest absolute Gasteiger partial charge is 0.483 e. The van der Waals surface area contributed by atoms with E-state index in [-0.39, 0.29) is 23.4 Å². The van der Waals surface area contributed by atoms with Crippen LogP contribution in [-0.2, 0) is 0 Å². The molecule has 0 saturated carbocycles. The number of halogens is 3. The molecule has 1 saturated heterocycles. The van der Waals surface area contributed by atoms with Gasteiger partial charge in [0.05, 0.1) is 6.20 Å². The number of rotatable bonds is 6. The van der Waals surface area contributed by atoms with E-state index in [1.165, 1.54) is 12.1 Å². The Bertz CT molecular complexity index is 812. The maximum atomic E-state index is 12.8. The third-order valence-electron chi connectivity index (χ3n) is 4.40. The number of hydrogen-bond acceptors (Lipinski definition) is 5. The van der Waals surface area contributed by atoms with Crippen molar-refractivity contribution < 1.29 is 22.7 Å². The van der Waals surface area contributed by atoms with Crippen LogP contribution in [0.25, 0.3) is 0 Å². The molecule has 1 aliphatic heterocycles. The smallest absolute Gasteiger partial charge is 0.422 e. The summed E-state index contributed by atoms with van der Waals surface area (Å²) >= 11 is 0. The van der Waals surface area contributed by atoms with Gasteiger partial charge in [-0.25, -0.2) is 9.97 Å². The molecule has 150 valence electrons. The van der Waals surface area contributed by atoms with E-state index in [1.54, 1.807) is 4.90 Å².